The number of carbonyl (C=O) groups excluding carboxylic acids is 1. The van der Waals surface area contributed by atoms with Gasteiger partial charge in [-0.2, -0.15) is 4.99 Å². The Kier molecular flexibility index (Phi) is 8.01. The van der Waals surface area contributed by atoms with Crippen LogP contribution in [0.2, 0.25) is 0 Å². The standard InChI is InChI=1S/C12H24N4OS2/c1-7-19-11(14-9(17)13-8(2)3)15-10(18)16-12(4,5)6/h8H,7H2,1-6H3,(H3,13,14,15,16,17,18). The van der Waals surface area contributed by atoms with E-state index in [-0.39, 0.29) is 17.6 Å². The zero-order valence-electron chi connectivity index (χ0n) is 12.5. The first-order valence-corrected chi connectivity index (χ1v) is 7.64. The molecule has 0 heterocycles. The summed E-state index contributed by atoms with van der Waals surface area (Å²) in [6.07, 6.45) is 0. The number of aliphatic imine (C=N–C) groups is 1. The molecule has 0 saturated carbocycles. The van der Waals surface area contributed by atoms with Gasteiger partial charge in [-0.05, 0) is 52.6 Å². The lowest BCUT2D eigenvalue weighted by atomic mass is 10.1. The number of nitrogens with zero attached hydrogens (tertiary/aromatic N) is 1. The Morgan fingerprint density at radius 3 is 2.37 bits per heavy atom. The maximum atomic E-state index is 11.6. The van der Waals surface area contributed by atoms with Crippen molar-refractivity contribution in [3.63, 3.8) is 0 Å². The molecule has 0 spiro atoms. The Morgan fingerprint density at radius 1 is 1.37 bits per heavy atom. The second-order valence-corrected chi connectivity index (χ2v) is 6.92. The van der Waals surface area contributed by atoms with Gasteiger partial charge in [-0.25, -0.2) is 4.79 Å². The van der Waals surface area contributed by atoms with E-state index in [0.29, 0.717) is 10.3 Å². The summed E-state index contributed by atoms with van der Waals surface area (Å²) in [7, 11) is 0. The molecule has 0 unspecified atom stereocenters. The van der Waals surface area contributed by atoms with Gasteiger partial charge in [-0.15, -0.1) is 0 Å². The molecule has 110 valence electrons. The predicted octanol–water partition coefficient (Wildman–Crippen LogP) is 2.48. The van der Waals surface area contributed by atoms with Crippen molar-refractivity contribution >= 4 is 40.3 Å². The van der Waals surface area contributed by atoms with E-state index in [4.69, 9.17) is 12.2 Å². The van der Waals surface area contributed by atoms with Gasteiger partial charge < -0.3 is 10.6 Å². The molecule has 0 aromatic heterocycles. The molecule has 0 aliphatic carbocycles. The Balaban J connectivity index is 4.62. The molecule has 0 aromatic carbocycles. The normalized spacial score (nSPS) is 12.3. The van der Waals surface area contributed by atoms with Crippen molar-refractivity contribution < 1.29 is 4.79 Å². The van der Waals surface area contributed by atoms with Crippen LogP contribution in [0.5, 0.6) is 0 Å². The zero-order valence-corrected chi connectivity index (χ0v) is 14.1. The van der Waals surface area contributed by atoms with Gasteiger partial charge in [0.1, 0.15) is 0 Å². The predicted molar refractivity (Wildman–Crippen MR) is 87.9 cm³/mol. The molecular formula is C12H24N4OS2. The maximum Gasteiger partial charge on any atom is 0.321 e. The first kappa shape index (κ1) is 18.2. The second kappa shape index (κ2) is 8.37. The number of hydrogen-bond donors (Lipinski definition) is 3. The third-order valence-electron chi connectivity index (χ3n) is 1.61. The third kappa shape index (κ3) is 10.8. The van der Waals surface area contributed by atoms with E-state index in [1.807, 2.05) is 41.5 Å². The first-order valence-electron chi connectivity index (χ1n) is 6.25. The fourth-order valence-electron chi connectivity index (χ4n) is 1.07. The van der Waals surface area contributed by atoms with Crippen LogP contribution in [0.15, 0.2) is 4.99 Å². The summed E-state index contributed by atoms with van der Waals surface area (Å²) in [5, 5.41) is 9.40. The molecule has 0 saturated heterocycles. The summed E-state index contributed by atoms with van der Waals surface area (Å²) in [5.41, 5.74) is -0.150. The Labute approximate surface area is 125 Å². The number of hydrogen-bond acceptors (Lipinski definition) is 3. The zero-order chi connectivity index (χ0) is 15.1. The Hall–Kier alpha value is -0.820. The van der Waals surface area contributed by atoms with E-state index in [2.05, 4.69) is 20.9 Å². The summed E-state index contributed by atoms with van der Waals surface area (Å²) >= 11 is 6.59. The van der Waals surface area contributed by atoms with E-state index >= 15 is 0 Å². The first-order chi connectivity index (χ1) is 8.64. The van der Waals surface area contributed by atoms with Gasteiger partial charge in [0.15, 0.2) is 10.3 Å². The largest absolute Gasteiger partial charge is 0.356 e. The number of amidine groups is 1. The van der Waals surface area contributed by atoms with Crippen molar-refractivity contribution in [2.24, 2.45) is 4.99 Å². The van der Waals surface area contributed by atoms with Gasteiger partial charge in [0.25, 0.3) is 0 Å². The number of thioether (sulfide) groups is 1. The number of thiocarbonyl (C=S) groups is 1. The molecule has 0 atom stereocenters. The maximum absolute atomic E-state index is 11.6. The van der Waals surface area contributed by atoms with E-state index in [0.717, 1.165) is 5.75 Å². The minimum Gasteiger partial charge on any atom is -0.356 e. The van der Waals surface area contributed by atoms with E-state index in [9.17, 15) is 4.79 Å². The SMILES string of the molecule is CCSC(=NC(=S)NC(C)(C)C)NC(=O)NC(C)C. The van der Waals surface area contributed by atoms with Crippen LogP contribution in [0.4, 0.5) is 4.79 Å². The molecule has 0 bridgehead atoms. The van der Waals surface area contributed by atoms with Crippen molar-refractivity contribution in [2.75, 3.05) is 5.75 Å². The Morgan fingerprint density at radius 2 is 1.95 bits per heavy atom. The van der Waals surface area contributed by atoms with Crippen molar-refractivity contribution in [1.29, 1.82) is 0 Å². The van der Waals surface area contributed by atoms with Crippen LogP contribution >= 0.6 is 24.0 Å². The number of carbonyl (C=O) groups is 1. The van der Waals surface area contributed by atoms with Gasteiger partial charge in [0, 0.05) is 11.6 Å². The van der Waals surface area contributed by atoms with Gasteiger partial charge in [0.05, 0.1) is 0 Å². The summed E-state index contributed by atoms with van der Waals surface area (Å²) < 4.78 is 0. The molecule has 5 nitrogen and oxygen atoms in total. The van der Waals surface area contributed by atoms with E-state index in [1.165, 1.54) is 11.8 Å². The van der Waals surface area contributed by atoms with Crippen LogP contribution in [0.25, 0.3) is 0 Å². The van der Waals surface area contributed by atoms with Crippen molar-refractivity contribution in [3.05, 3.63) is 0 Å². The average molecular weight is 304 g/mol. The molecule has 0 aliphatic rings. The summed E-state index contributed by atoms with van der Waals surface area (Å²) in [5.74, 6) is 0.804. The lowest BCUT2D eigenvalue weighted by molar-refractivity contribution is 0.243. The fraction of sp³-hybridized carbons (Fsp3) is 0.750. The highest BCUT2D eigenvalue weighted by atomic mass is 32.2. The second-order valence-electron chi connectivity index (χ2n) is 5.28. The average Bonchev–Trinajstić information content (AvgIpc) is 2.12. The van der Waals surface area contributed by atoms with Crippen LogP contribution in [0.3, 0.4) is 0 Å². The third-order valence-corrected chi connectivity index (χ3v) is 2.56. The van der Waals surface area contributed by atoms with Gasteiger partial charge in [0.2, 0.25) is 0 Å². The molecule has 0 fully saturated rings. The number of nitrogens with one attached hydrogen (secondary N) is 3. The van der Waals surface area contributed by atoms with Gasteiger partial charge in [-0.1, -0.05) is 18.7 Å². The molecule has 0 aromatic rings. The van der Waals surface area contributed by atoms with Gasteiger partial charge in [-0.3, -0.25) is 5.32 Å². The van der Waals surface area contributed by atoms with Crippen LogP contribution in [0.1, 0.15) is 41.5 Å². The quantitative estimate of drug-likeness (QED) is 0.416. The lowest BCUT2D eigenvalue weighted by Crippen LogP contribution is -2.43. The minimum atomic E-state index is -0.270. The van der Waals surface area contributed by atoms with E-state index < -0.39 is 0 Å². The highest BCUT2D eigenvalue weighted by Gasteiger charge is 2.12. The van der Waals surface area contributed by atoms with Crippen LogP contribution in [0, 0.1) is 0 Å². The fourth-order valence-corrected chi connectivity index (χ4v) is 2.12. The highest BCUT2D eigenvalue weighted by Crippen LogP contribution is 2.04. The van der Waals surface area contributed by atoms with E-state index in [1.54, 1.807) is 0 Å². The summed E-state index contributed by atoms with van der Waals surface area (Å²) in [4.78, 5) is 15.9. The van der Waals surface area contributed by atoms with Crippen molar-refractivity contribution in [3.8, 4) is 0 Å². The monoisotopic (exact) mass is 304 g/mol. The summed E-state index contributed by atoms with van der Waals surface area (Å²) in [6.45, 7) is 11.8. The Bertz CT molecular complexity index is 348. The number of amides is 2. The smallest absolute Gasteiger partial charge is 0.321 e. The molecule has 7 heteroatoms. The molecule has 0 radical (unpaired) electrons. The number of urea groups is 1. The molecule has 3 N–H and O–H groups in total. The van der Waals surface area contributed by atoms with Gasteiger partial charge >= 0.3 is 6.03 Å². The molecule has 0 rings (SSSR count). The van der Waals surface area contributed by atoms with Crippen molar-refractivity contribution in [1.82, 2.24) is 16.0 Å². The van der Waals surface area contributed by atoms with Crippen LogP contribution < -0.4 is 16.0 Å². The topological polar surface area (TPSA) is 65.5 Å². The van der Waals surface area contributed by atoms with Crippen LogP contribution in [-0.4, -0.2) is 33.6 Å². The molecule has 19 heavy (non-hydrogen) atoms. The van der Waals surface area contributed by atoms with Crippen LogP contribution in [-0.2, 0) is 0 Å². The summed E-state index contributed by atoms with van der Waals surface area (Å²) in [6, 6.07) is -0.194. The molecule has 2 amide bonds. The lowest BCUT2D eigenvalue weighted by Gasteiger charge is -2.20. The number of rotatable bonds is 2. The molecular weight excluding hydrogens is 280 g/mol. The minimum absolute atomic E-state index is 0.0764. The molecule has 0 aliphatic heterocycles. The highest BCUT2D eigenvalue weighted by molar-refractivity contribution is 8.13. The van der Waals surface area contributed by atoms with Crippen molar-refractivity contribution in [2.45, 2.75) is 53.1 Å².